The summed E-state index contributed by atoms with van der Waals surface area (Å²) in [5.41, 5.74) is -0.611. The van der Waals surface area contributed by atoms with Crippen LogP contribution in [-0.4, -0.2) is 49.6 Å². The summed E-state index contributed by atoms with van der Waals surface area (Å²) >= 11 is 0. The van der Waals surface area contributed by atoms with Crippen molar-refractivity contribution in [3.8, 4) is 0 Å². The van der Waals surface area contributed by atoms with Crippen molar-refractivity contribution in [2.45, 2.75) is 33.2 Å². The molecule has 2 atom stereocenters. The zero-order valence-electron chi connectivity index (χ0n) is 12.0. The Morgan fingerprint density at radius 1 is 1.35 bits per heavy atom. The number of urea groups is 1. The van der Waals surface area contributed by atoms with Gasteiger partial charge in [0.05, 0.1) is 11.5 Å². The smallest absolute Gasteiger partial charge is 0.326 e. The Hall–Kier alpha value is -1.31. The van der Waals surface area contributed by atoms with Gasteiger partial charge in [-0.05, 0) is 17.8 Å². The molecule has 0 aliphatic carbocycles. The Kier molecular flexibility index (Phi) is 5.01. The number of carboxylic acid groups (broad SMARTS) is 1. The van der Waals surface area contributed by atoms with Crippen LogP contribution in [0, 0.1) is 11.3 Å². The summed E-state index contributed by atoms with van der Waals surface area (Å²) in [5, 5.41) is 14.0. The second-order valence-electron chi connectivity index (χ2n) is 6.26. The van der Waals surface area contributed by atoms with Crippen LogP contribution in [0.4, 0.5) is 4.79 Å². The van der Waals surface area contributed by atoms with Gasteiger partial charge in [-0.15, -0.1) is 0 Å². The molecule has 1 unspecified atom stereocenters. The molecule has 1 aliphatic heterocycles. The number of hydrogen-bond donors (Lipinski definition) is 3. The molecule has 0 radical (unpaired) electrons. The SMILES string of the molecule is CC(C)(C)[C@H](NC(=O)NCC1CCS(=O)(=O)C1)C(=O)O. The first kappa shape index (κ1) is 16.7. The van der Waals surface area contributed by atoms with Crippen LogP contribution in [0.25, 0.3) is 0 Å². The van der Waals surface area contributed by atoms with Gasteiger partial charge < -0.3 is 15.7 Å². The van der Waals surface area contributed by atoms with Gasteiger partial charge in [0.1, 0.15) is 6.04 Å². The number of carboxylic acids is 1. The van der Waals surface area contributed by atoms with Gasteiger partial charge in [-0.1, -0.05) is 20.8 Å². The van der Waals surface area contributed by atoms with Crippen LogP contribution in [-0.2, 0) is 14.6 Å². The third-order valence-electron chi connectivity index (χ3n) is 3.27. The van der Waals surface area contributed by atoms with Crippen LogP contribution in [0.1, 0.15) is 27.2 Å². The molecular formula is C12H22N2O5S. The van der Waals surface area contributed by atoms with Gasteiger partial charge in [0, 0.05) is 6.54 Å². The van der Waals surface area contributed by atoms with Crippen molar-refractivity contribution in [1.82, 2.24) is 10.6 Å². The molecule has 1 aliphatic rings. The fourth-order valence-corrected chi connectivity index (χ4v) is 3.96. The molecule has 1 fully saturated rings. The Bertz CT molecular complexity index is 481. The largest absolute Gasteiger partial charge is 0.480 e. The molecule has 116 valence electrons. The number of carbonyl (C=O) groups excluding carboxylic acids is 1. The van der Waals surface area contributed by atoms with E-state index in [1.54, 1.807) is 20.8 Å². The van der Waals surface area contributed by atoms with E-state index in [2.05, 4.69) is 10.6 Å². The summed E-state index contributed by atoms with van der Waals surface area (Å²) in [6.07, 6.45) is 0.532. The average Bonchev–Trinajstić information content (AvgIpc) is 2.61. The molecule has 0 aromatic carbocycles. The van der Waals surface area contributed by atoms with Gasteiger partial charge in [-0.3, -0.25) is 0 Å². The van der Waals surface area contributed by atoms with Crippen LogP contribution in [0.5, 0.6) is 0 Å². The first-order chi connectivity index (χ1) is 9.01. The van der Waals surface area contributed by atoms with E-state index >= 15 is 0 Å². The van der Waals surface area contributed by atoms with Crippen LogP contribution < -0.4 is 10.6 Å². The molecule has 20 heavy (non-hydrogen) atoms. The molecule has 0 saturated carbocycles. The van der Waals surface area contributed by atoms with Gasteiger partial charge in [0.2, 0.25) is 0 Å². The second-order valence-corrected chi connectivity index (χ2v) is 8.49. The topological polar surface area (TPSA) is 113 Å². The van der Waals surface area contributed by atoms with E-state index in [-0.39, 0.29) is 24.0 Å². The highest BCUT2D eigenvalue weighted by Crippen LogP contribution is 2.19. The molecule has 1 heterocycles. The Morgan fingerprint density at radius 2 is 1.95 bits per heavy atom. The van der Waals surface area contributed by atoms with Crippen molar-refractivity contribution in [3.05, 3.63) is 0 Å². The second kappa shape index (κ2) is 5.99. The predicted molar refractivity (Wildman–Crippen MR) is 74.2 cm³/mol. The molecule has 2 amide bonds. The highest BCUT2D eigenvalue weighted by Gasteiger charge is 2.33. The fraction of sp³-hybridized carbons (Fsp3) is 0.833. The molecule has 0 bridgehead atoms. The van der Waals surface area contributed by atoms with Crippen LogP contribution in [0.3, 0.4) is 0 Å². The van der Waals surface area contributed by atoms with Gasteiger partial charge in [-0.25, -0.2) is 18.0 Å². The monoisotopic (exact) mass is 306 g/mol. The van der Waals surface area contributed by atoms with Gasteiger partial charge >= 0.3 is 12.0 Å². The number of sulfone groups is 1. The Balaban J connectivity index is 2.46. The van der Waals surface area contributed by atoms with Crippen LogP contribution >= 0.6 is 0 Å². The molecule has 0 aromatic heterocycles. The maximum absolute atomic E-state index is 11.7. The summed E-state index contributed by atoms with van der Waals surface area (Å²) in [7, 11) is -2.97. The lowest BCUT2D eigenvalue weighted by atomic mass is 9.87. The highest BCUT2D eigenvalue weighted by molar-refractivity contribution is 7.91. The predicted octanol–water partition coefficient (Wildman–Crippen LogP) is 0.220. The lowest BCUT2D eigenvalue weighted by Crippen LogP contribution is -2.52. The Labute approximate surface area is 119 Å². The lowest BCUT2D eigenvalue weighted by Gasteiger charge is -2.27. The number of aliphatic carboxylic acids is 1. The van der Waals surface area contributed by atoms with Crippen molar-refractivity contribution in [2.75, 3.05) is 18.1 Å². The minimum atomic E-state index is -2.97. The molecular weight excluding hydrogens is 284 g/mol. The molecule has 0 spiro atoms. The number of carbonyl (C=O) groups is 2. The minimum Gasteiger partial charge on any atom is -0.480 e. The Morgan fingerprint density at radius 3 is 2.35 bits per heavy atom. The molecule has 0 aromatic rings. The summed E-state index contributed by atoms with van der Waals surface area (Å²) in [6.45, 7) is 5.39. The van der Waals surface area contributed by atoms with Crippen molar-refractivity contribution in [3.63, 3.8) is 0 Å². The first-order valence-electron chi connectivity index (χ1n) is 6.49. The molecule has 7 nitrogen and oxygen atoms in total. The zero-order valence-corrected chi connectivity index (χ0v) is 12.8. The maximum Gasteiger partial charge on any atom is 0.326 e. The molecule has 8 heteroatoms. The molecule has 3 N–H and O–H groups in total. The summed E-state index contributed by atoms with van der Waals surface area (Å²) in [5.74, 6) is -0.963. The van der Waals surface area contributed by atoms with Crippen LogP contribution in [0.2, 0.25) is 0 Å². The average molecular weight is 306 g/mol. The quantitative estimate of drug-likeness (QED) is 0.687. The van der Waals surface area contributed by atoms with Crippen molar-refractivity contribution in [1.29, 1.82) is 0 Å². The van der Waals surface area contributed by atoms with E-state index < -0.39 is 33.3 Å². The normalized spacial score (nSPS) is 23.1. The maximum atomic E-state index is 11.7. The third-order valence-corrected chi connectivity index (χ3v) is 5.10. The van der Waals surface area contributed by atoms with E-state index in [1.165, 1.54) is 0 Å². The molecule has 1 saturated heterocycles. The molecule has 1 rings (SSSR count). The van der Waals surface area contributed by atoms with E-state index in [0.29, 0.717) is 6.42 Å². The van der Waals surface area contributed by atoms with Gasteiger partial charge in [0.15, 0.2) is 9.84 Å². The fourth-order valence-electron chi connectivity index (χ4n) is 2.10. The van der Waals surface area contributed by atoms with E-state index in [4.69, 9.17) is 5.11 Å². The first-order valence-corrected chi connectivity index (χ1v) is 8.31. The van der Waals surface area contributed by atoms with Crippen molar-refractivity contribution < 1.29 is 23.1 Å². The number of amides is 2. The summed E-state index contributed by atoms with van der Waals surface area (Å²) < 4.78 is 22.6. The zero-order chi connectivity index (χ0) is 15.6. The van der Waals surface area contributed by atoms with Gasteiger partial charge in [-0.2, -0.15) is 0 Å². The minimum absolute atomic E-state index is 0.0783. The highest BCUT2D eigenvalue weighted by atomic mass is 32.2. The lowest BCUT2D eigenvalue weighted by molar-refractivity contribution is -0.141. The standard InChI is InChI=1S/C12H22N2O5S/c1-12(2,3)9(10(15)16)14-11(17)13-6-8-4-5-20(18,19)7-8/h8-9H,4-7H2,1-3H3,(H,15,16)(H2,13,14,17)/t8?,9-/m1/s1. The number of rotatable bonds is 4. The van der Waals surface area contributed by atoms with Crippen molar-refractivity contribution >= 4 is 21.8 Å². The summed E-state index contributed by atoms with van der Waals surface area (Å²) in [6, 6.07) is -1.59. The van der Waals surface area contributed by atoms with E-state index in [9.17, 15) is 18.0 Å². The van der Waals surface area contributed by atoms with Gasteiger partial charge in [0.25, 0.3) is 0 Å². The third kappa shape index (κ3) is 4.99. The van der Waals surface area contributed by atoms with E-state index in [1.807, 2.05) is 0 Å². The number of nitrogens with one attached hydrogen (secondary N) is 2. The van der Waals surface area contributed by atoms with Crippen LogP contribution in [0.15, 0.2) is 0 Å². The van der Waals surface area contributed by atoms with Crippen molar-refractivity contribution in [2.24, 2.45) is 11.3 Å². The number of hydrogen-bond acceptors (Lipinski definition) is 4. The van der Waals surface area contributed by atoms with E-state index in [0.717, 1.165) is 0 Å². The summed E-state index contributed by atoms with van der Waals surface area (Å²) in [4.78, 5) is 22.8.